The lowest BCUT2D eigenvalue weighted by Crippen LogP contribution is -2.49. The highest BCUT2D eigenvalue weighted by molar-refractivity contribution is 6.08. The number of guanidine groups is 1. The van der Waals surface area contributed by atoms with E-state index in [0.717, 1.165) is 0 Å². The minimum absolute atomic E-state index is 0.211. The third kappa shape index (κ3) is 0.873. The number of carbonyl (C=O) groups is 1. The van der Waals surface area contributed by atoms with Crippen LogP contribution in [0.1, 0.15) is 0 Å². The minimum Gasteiger partial charge on any atom is -0.294 e. The van der Waals surface area contributed by atoms with Gasteiger partial charge in [0.2, 0.25) is 5.96 Å². The predicted molar refractivity (Wildman–Crippen MR) is 39.6 cm³/mol. The van der Waals surface area contributed by atoms with Gasteiger partial charge in [0, 0.05) is 0 Å². The smallest absolute Gasteiger partial charge is 0.259 e. The van der Waals surface area contributed by atoms with E-state index in [0.29, 0.717) is 5.57 Å². The lowest BCUT2D eigenvalue weighted by molar-refractivity contribution is -0.116. The molecule has 2 aliphatic heterocycles. The summed E-state index contributed by atoms with van der Waals surface area (Å²) in [4.78, 5) is 15.1. The third-order valence-corrected chi connectivity index (χ3v) is 1.53. The van der Waals surface area contributed by atoms with Crippen molar-refractivity contribution in [1.82, 2.24) is 10.7 Å². The SMILES string of the molecule is NNC1=NC2N=NC=C2C(=O)N1. The average molecular weight is 166 g/mol. The number of fused-ring (bicyclic) bond motifs is 1. The van der Waals surface area contributed by atoms with Crippen LogP contribution in [-0.4, -0.2) is 18.0 Å². The van der Waals surface area contributed by atoms with Gasteiger partial charge in [-0.05, 0) is 0 Å². The van der Waals surface area contributed by atoms with Crippen molar-refractivity contribution in [3.63, 3.8) is 0 Å². The Hall–Kier alpha value is -1.76. The van der Waals surface area contributed by atoms with E-state index in [1.54, 1.807) is 0 Å². The molecule has 62 valence electrons. The van der Waals surface area contributed by atoms with Crippen molar-refractivity contribution in [3.8, 4) is 0 Å². The molecule has 7 nitrogen and oxygen atoms in total. The molecule has 0 aliphatic carbocycles. The number of amides is 1. The summed E-state index contributed by atoms with van der Waals surface area (Å²) < 4.78 is 0. The Bertz CT molecular complexity index is 316. The van der Waals surface area contributed by atoms with E-state index in [9.17, 15) is 4.79 Å². The fourth-order valence-corrected chi connectivity index (χ4v) is 0.966. The topological polar surface area (TPSA) is 104 Å². The number of rotatable bonds is 0. The van der Waals surface area contributed by atoms with Gasteiger partial charge in [-0.15, -0.1) is 0 Å². The second-order valence-corrected chi connectivity index (χ2v) is 2.27. The van der Waals surface area contributed by atoms with Crippen molar-refractivity contribution in [2.45, 2.75) is 6.17 Å². The Kier molecular flexibility index (Phi) is 1.37. The molecule has 2 heterocycles. The van der Waals surface area contributed by atoms with E-state index in [2.05, 4.69) is 26.0 Å². The molecule has 12 heavy (non-hydrogen) atoms. The zero-order valence-electron chi connectivity index (χ0n) is 5.98. The normalized spacial score (nSPS) is 25.8. The molecule has 1 atom stereocenters. The Morgan fingerprint density at radius 1 is 1.67 bits per heavy atom. The Morgan fingerprint density at radius 3 is 3.25 bits per heavy atom. The molecule has 4 N–H and O–H groups in total. The van der Waals surface area contributed by atoms with Gasteiger partial charge in [-0.25, -0.2) is 10.8 Å². The number of nitrogens with zero attached hydrogens (tertiary/aromatic N) is 3. The van der Waals surface area contributed by atoms with Crippen LogP contribution in [0, 0.1) is 0 Å². The summed E-state index contributed by atoms with van der Waals surface area (Å²) in [5.41, 5.74) is 2.68. The Balaban J connectivity index is 2.34. The monoisotopic (exact) mass is 166 g/mol. The molecule has 0 spiro atoms. The summed E-state index contributed by atoms with van der Waals surface area (Å²) in [6.45, 7) is 0. The van der Waals surface area contributed by atoms with Crippen LogP contribution < -0.4 is 16.6 Å². The highest BCUT2D eigenvalue weighted by Gasteiger charge is 2.29. The summed E-state index contributed by atoms with van der Waals surface area (Å²) in [6.07, 6.45) is 0.862. The number of nitrogens with two attached hydrogens (primary N) is 1. The molecule has 7 heteroatoms. The standard InChI is InChI=1S/C5H6N6O/c6-10-5-8-3-2(1-7-11-3)4(12)9-5/h1,3H,6H2,(H2,8,9,10,12). The minimum atomic E-state index is -0.523. The molecule has 0 bridgehead atoms. The summed E-state index contributed by atoms with van der Waals surface area (Å²) in [5.74, 6) is 5.00. The molecule has 0 radical (unpaired) electrons. The predicted octanol–water partition coefficient (Wildman–Crippen LogP) is -1.39. The van der Waals surface area contributed by atoms with Crippen LogP contribution in [0.2, 0.25) is 0 Å². The van der Waals surface area contributed by atoms with Crippen molar-refractivity contribution in [3.05, 3.63) is 11.8 Å². The highest BCUT2D eigenvalue weighted by Crippen LogP contribution is 2.18. The first-order valence-electron chi connectivity index (χ1n) is 3.27. The van der Waals surface area contributed by atoms with Crippen molar-refractivity contribution >= 4 is 11.9 Å². The highest BCUT2D eigenvalue weighted by atomic mass is 16.2. The van der Waals surface area contributed by atoms with Crippen LogP contribution >= 0.6 is 0 Å². The lowest BCUT2D eigenvalue weighted by Gasteiger charge is -2.16. The van der Waals surface area contributed by atoms with Gasteiger partial charge < -0.3 is 0 Å². The zero-order chi connectivity index (χ0) is 8.55. The molecular weight excluding hydrogens is 160 g/mol. The molecule has 2 aliphatic rings. The van der Waals surface area contributed by atoms with Crippen LogP contribution in [0.25, 0.3) is 0 Å². The van der Waals surface area contributed by atoms with Crippen LogP contribution in [0.15, 0.2) is 27.0 Å². The maximum atomic E-state index is 11.2. The van der Waals surface area contributed by atoms with Crippen LogP contribution in [0.5, 0.6) is 0 Å². The van der Waals surface area contributed by atoms with E-state index < -0.39 is 6.17 Å². The van der Waals surface area contributed by atoms with Gasteiger partial charge in [0.25, 0.3) is 5.91 Å². The molecule has 0 aromatic carbocycles. The first-order valence-corrected chi connectivity index (χ1v) is 3.27. The second kappa shape index (κ2) is 2.38. The third-order valence-electron chi connectivity index (χ3n) is 1.53. The van der Waals surface area contributed by atoms with Gasteiger partial charge in [0.15, 0.2) is 6.17 Å². The number of hydrogen-bond donors (Lipinski definition) is 3. The maximum absolute atomic E-state index is 11.2. The van der Waals surface area contributed by atoms with E-state index >= 15 is 0 Å². The number of carbonyl (C=O) groups excluding carboxylic acids is 1. The molecule has 0 fully saturated rings. The summed E-state index contributed by atoms with van der Waals surface area (Å²) >= 11 is 0. The van der Waals surface area contributed by atoms with Crippen molar-refractivity contribution in [1.29, 1.82) is 0 Å². The van der Waals surface area contributed by atoms with Gasteiger partial charge in [-0.1, -0.05) is 0 Å². The van der Waals surface area contributed by atoms with Gasteiger partial charge in [0.1, 0.15) is 0 Å². The van der Waals surface area contributed by atoms with Crippen LogP contribution in [0.4, 0.5) is 0 Å². The fourth-order valence-electron chi connectivity index (χ4n) is 0.966. The Labute approximate surface area is 67.4 Å². The molecule has 0 aromatic rings. The summed E-state index contributed by atoms with van der Waals surface area (Å²) in [7, 11) is 0. The average Bonchev–Trinajstić information content (AvgIpc) is 2.52. The zero-order valence-corrected chi connectivity index (χ0v) is 5.98. The first-order chi connectivity index (χ1) is 5.81. The van der Waals surface area contributed by atoms with Crippen LogP contribution in [0.3, 0.4) is 0 Å². The number of azo groups is 1. The fraction of sp³-hybridized carbons (Fsp3) is 0.200. The quantitative estimate of drug-likeness (QED) is 0.305. The lowest BCUT2D eigenvalue weighted by atomic mass is 10.2. The molecule has 1 amide bonds. The van der Waals surface area contributed by atoms with Crippen molar-refractivity contribution in [2.24, 2.45) is 21.1 Å². The number of hydrogen-bond acceptors (Lipinski definition) is 6. The number of aliphatic imine (C=N–C) groups is 1. The molecule has 2 rings (SSSR count). The van der Waals surface area contributed by atoms with E-state index in [1.165, 1.54) is 6.20 Å². The number of nitrogens with one attached hydrogen (secondary N) is 2. The molecule has 0 aromatic heterocycles. The molecular formula is C5H6N6O. The van der Waals surface area contributed by atoms with E-state index in [-0.39, 0.29) is 11.9 Å². The second-order valence-electron chi connectivity index (χ2n) is 2.27. The Morgan fingerprint density at radius 2 is 2.50 bits per heavy atom. The van der Waals surface area contributed by atoms with Crippen LogP contribution in [-0.2, 0) is 4.79 Å². The molecule has 0 saturated carbocycles. The molecule has 1 unspecified atom stereocenters. The number of hydrazine groups is 1. The summed E-state index contributed by atoms with van der Waals surface area (Å²) in [6, 6.07) is 0. The largest absolute Gasteiger partial charge is 0.294 e. The van der Waals surface area contributed by atoms with Crippen molar-refractivity contribution in [2.75, 3.05) is 0 Å². The molecule has 0 saturated heterocycles. The van der Waals surface area contributed by atoms with Gasteiger partial charge in [-0.3, -0.25) is 15.5 Å². The van der Waals surface area contributed by atoms with Gasteiger partial charge >= 0.3 is 0 Å². The van der Waals surface area contributed by atoms with Gasteiger partial charge in [-0.2, -0.15) is 10.2 Å². The van der Waals surface area contributed by atoms with E-state index in [1.807, 2.05) is 0 Å². The van der Waals surface area contributed by atoms with E-state index in [4.69, 9.17) is 5.84 Å². The maximum Gasteiger partial charge on any atom is 0.259 e. The summed E-state index contributed by atoms with van der Waals surface area (Å²) in [5, 5.41) is 9.69. The van der Waals surface area contributed by atoms with Gasteiger partial charge in [0.05, 0.1) is 11.8 Å². The first kappa shape index (κ1) is 6.92. The van der Waals surface area contributed by atoms with Crippen molar-refractivity contribution < 1.29 is 4.79 Å².